The van der Waals surface area contributed by atoms with E-state index < -0.39 is 0 Å². The summed E-state index contributed by atoms with van der Waals surface area (Å²) < 4.78 is 0. The molecule has 4 aliphatic rings. The predicted octanol–water partition coefficient (Wildman–Crippen LogP) is 14.0. The van der Waals surface area contributed by atoms with Crippen molar-refractivity contribution in [3.05, 3.63) is 127 Å². The summed E-state index contributed by atoms with van der Waals surface area (Å²) in [5.41, 5.74) is 23.7. The molecule has 50 heavy (non-hydrogen) atoms. The lowest BCUT2D eigenvalue weighted by Crippen LogP contribution is -2.30. The Morgan fingerprint density at radius 2 is 1.24 bits per heavy atom. The maximum absolute atomic E-state index is 2.80. The van der Waals surface area contributed by atoms with Crippen molar-refractivity contribution in [2.24, 2.45) is 11.8 Å². The van der Waals surface area contributed by atoms with Crippen molar-refractivity contribution in [3.8, 4) is 11.1 Å². The van der Waals surface area contributed by atoms with Crippen molar-refractivity contribution < 1.29 is 0 Å². The first-order valence-electron chi connectivity index (χ1n) is 19.8. The first-order valence-corrected chi connectivity index (χ1v) is 19.8. The summed E-state index contributed by atoms with van der Waals surface area (Å²) in [4.78, 5) is 0. The number of aryl methyl sites for hydroxylation is 4. The molecule has 0 saturated heterocycles. The van der Waals surface area contributed by atoms with Crippen LogP contribution in [0.3, 0.4) is 0 Å². The van der Waals surface area contributed by atoms with Crippen LogP contribution in [-0.2, 0) is 16.2 Å². The van der Waals surface area contributed by atoms with Gasteiger partial charge in [-0.2, -0.15) is 0 Å². The maximum Gasteiger partial charge on any atom is 0.0443 e. The van der Waals surface area contributed by atoms with E-state index in [4.69, 9.17) is 0 Å². The largest absolute Gasteiger partial charge is 0.0657 e. The molecule has 4 aromatic rings. The monoisotopic (exact) mass is 658 g/mol. The second-order valence-electron chi connectivity index (χ2n) is 17.6. The average molecular weight is 659 g/mol. The molecule has 0 aromatic heterocycles. The number of rotatable bonds is 6. The Balaban J connectivity index is 1.51. The third-order valence-electron chi connectivity index (χ3n) is 13.9. The quantitative estimate of drug-likeness (QED) is 0.193. The van der Waals surface area contributed by atoms with Crippen LogP contribution in [0, 0.1) is 39.5 Å². The fourth-order valence-corrected chi connectivity index (χ4v) is 11.7. The summed E-state index contributed by atoms with van der Waals surface area (Å²) in [6, 6.07) is 19.9. The molecule has 0 heterocycles. The van der Waals surface area contributed by atoms with E-state index in [1.807, 2.05) is 0 Å². The van der Waals surface area contributed by atoms with E-state index >= 15 is 0 Å². The van der Waals surface area contributed by atoms with Crippen LogP contribution in [0.1, 0.15) is 143 Å². The molecule has 0 saturated carbocycles. The summed E-state index contributed by atoms with van der Waals surface area (Å²) in [5.74, 6) is 1.18. The highest BCUT2D eigenvalue weighted by Gasteiger charge is 2.54. The molecule has 0 heteroatoms. The van der Waals surface area contributed by atoms with Gasteiger partial charge in [-0.1, -0.05) is 133 Å². The molecule has 0 radical (unpaired) electrons. The molecule has 4 aliphatic carbocycles. The summed E-state index contributed by atoms with van der Waals surface area (Å²) in [7, 11) is 0. The summed E-state index contributed by atoms with van der Waals surface area (Å²) in [6.45, 7) is 28.9. The second-order valence-corrected chi connectivity index (χ2v) is 17.6. The first-order chi connectivity index (χ1) is 23.7. The highest BCUT2D eigenvalue weighted by atomic mass is 14.6. The Hall–Kier alpha value is -3.64. The molecule has 0 N–H and O–H groups in total. The van der Waals surface area contributed by atoms with Crippen molar-refractivity contribution >= 4 is 21.9 Å². The minimum absolute atomic E-state index is 0.0411. The molecule has 1 atom stereocenters. The molecule has 8 rings (SSSR count). The highest BCUT2D eigenvalue weighted by Crippen LogP contribution is 2.68. The van der Waals surface area contributed by atoms with E-state index in [1.165, 1.54) is 86.5 Å². The number of hydrogen-bond donors (Lipinski definition) is 0. The zero-order chi connectivity index (χ0) is 35.7. The number of allylic oxidation sites excluding steroid dienone is 6. The Labute approximate surface area is 302 Å². The molecule has 0 nitrogen and oxygen atoms in total. The Morgan fingerprint density at radius 3 is 1.92 bits per heavy atom. The second kappa shape index (κ2) is 11.2. The van der Waals surface area contributed by atoms with Gasteiger partial charge in [0.15, 0.2) is 0 Å². The van der Waals surface area contributed by atoms with Gasteiger partial charge in [0.1, 0.15) is 0 Å². The molecule has 1 spiro atoms. The zero-order valence-corrected chi connectivity index (χ0v) is 33.0. The van der Waals surface area contributed by atoms with Gasteiger partial charge in [0.2, 0.25) is 0 Å². The van der Waals surface area contributed by atoms with Gasteiger partial charge in [0, 0.05) is 16.2 Å². The SMILES string of the molecule is CCC(CC)C1=CC2(CC(C(CC)CC)=C1)c1ccc3c(c1-c1cc(C)c4c(C)cc(C)cc4c12)C(C)(C)C1=C3C(C)(C)c2ccc(C)cc21. The van der Waals surface area contributed by atoms with Gasteiger partial charge in [0.05, 0.1) is 0 Å². The van der Waals surface area contributed by atoms with E-state index in [1.54, 1.807) is 39.0 Å². The van der Waals surface area contributed by atoms with Crippen molar-refractivity contribution in [2.75, 3.05) is 0 Å². The molecule has 4 aromatic carbocycles. The van der Waals surface area contributed by atoms with Gasteiger partial charge in [-0.25, -0.2) is 0 Å². The molecule has 258 valence electrons. The Morgan fingerprint density at radius 1 is 0.600 bits per heavy atom. The number of hydrogen-bond acceptors (Lipinski definition) is 0. The lowest BCUT2D eigenvalue weighted by molar-refractivity contribution is 0.491. The smallest absolute Gasteiger partial charge is 0.0443 e. The van der Waals surface area contributed by atoms with Crippen LogP contribution >= 0.6 is 0 Å². The van der Waals surface area contributed by atoms with Crippen molar-refractivity contribution in [3.63, 3.8) is 0 Å². The minimum atomic E-state index is -0.191. The van der Waals surface area contributed by atoms with Crippen molar-refractivity contribution in [1.82, 2.24) is 0 Å². The molecule has 1 unspecified atom stereocenters. The number of fused-ring (bicyclic) bond motifs is 12. The summed E-state index contributed by atoms with van der Waals surface area (Å²) in [5, 5.41) is 2.94. The van der Waals surface area contributed by atoms with Gasteiger partial charge in [-0.15, -0.1) is 0 Å². The predicted molar refractivity (Wildman–Crippen MR) is 217 cm³/mol. The molecular formula is C50H58. The Bertz CT molecular complexity index is 2210. The Kier molecular flexibility index (Phi) is 7.49. The molecular weight excluding hydrogens is 601 g/mol. The van der Waals surface area contributed by atoms with Gasteiger partial charge >= 0.3 is 0 Å². The van der Waals surface area contributed by atoms with Crippen LogP contribution in [0.15, 0.2) is 71.8 Å². The third kappa shape index (κ3) is 4.23. The molecule has 0 fully saturated rings. The number of benzene rings is 4. The third-order valence-corrected chi connectivity index (χ3v) is 13.9. The van der Waals surface area contributed by atoms with Gasteiger partial charge in [-0.05, 0) is 155 Å². The van der Waals surface area contributed by atoms with E-state index in [9.17, 15) is 0 Å². The normalized spacial score (nSPS) is 20.8. The molecule has 0 aliphatic heterocycles. The summed E-state index contributed by atoms with van der Waals surface area (Å²) in [6.07, 6.45) is 11.3. The van der Waals surface area contributed by atoms with E-state index in [2.05, 4.69) is 144 Å². The van der Waals surface area contributed by atoms with Gasteiger partial charge in [0.25, 0.3) is 0 Å². The molecule has 0 amide bonds. The minimum Gasteiger partial charge on any atom is -0.0657 e. The van der Waals surface area contributed by atoms with E-state index in [0.717, 1.165) is 6.42 Å². The highest BCUT2D eigenvalue weighted by molar-refractivity contribution is 6.13. The lowest BCUT2D eigenvalue weighted by Gasteiger charge is -2.39. The van der Waals surface area contributed by atoms with Crippen LogP contribution in [0.2, 0.25) is 0 Å². The standard InChI is InChI=1S/C50H58/c1-13-32(14-2)34-25-35(33(15-3)16-4)27-50(26-34)41-20-18-36-45(43(41)39-24-31(8)42-30(7)21-29(6)23-38(42)44(39)50)49(11,12)47-37-22-28(5)17-19-40(37)48(9,10)46(36)47/h17-26,32-33H,13-16,27H2,1-12H3. The zero-order valence-electron chi connectivity index (χ0n) is 33.0. The molecule has 0 bridgehead atoms. The topological polar surface area (TPSA) is 0 Å². The van der Waals surface area contributed by atoms with E-state index in [0.29, 0.717) is 11.8 Å². The van der Waals surface area contributed by atoms with Crippen LogP contribution in [-0.4, -0.2) is 0 Å². The van der Waals surface area contributed by atoms with Crippen LogP contribution < -0.4 is 0 Å². The first kappa shape index (κ1) is 33.5. The average Bonchev–Trinajstić information content (AvgIpc) is 3.56. The van der Waals surface area contributed by atoms with E-state index in [-0.39, 0.29) is 16.2 Å². The van der Waals surface area contributed by atoms with Crippen LogP contribution in [0.4, 0.5) is 0 Å². The van der Waals surface area contributed by atoms with Crippen LogP contribution in [0.5, 0.6) is 0 Å². The van der Waals surface area contributed by atoms with Crippen LogP contribution in [0.25, 0.3) is 33.0 Å². The maximum atomic E-state index is 2.80. The fourth-order valence-electron chi connectivity index (χ4n) is 11.7. The van der Waals surface area contributed by atoms with Gasteiger partial charge < -0.3 is 0 Å². The van der Waals surface area contributed by atoms with Crippen molar-refractivity contribution in [2.45, 2.75) is 131 Å². The lowest BCUT2D eigenvalue weighted by atomic mass is 9.64. The van der Waals surface area contributed by atoms with Gasteiger partial charge in [-0.3, -0.25) is 0 Å². The fraction of sp³-hybridized carbons (Fsp3) is 0.440. The summed E-state index contributed by atoms with van der Waals surface area (Å²) >= 11 is 0. The van der Waals surface area contributed by atoms with Crippen molar-refractivity contribution in [1.29, 1.82) is 0 Å².